The van der Waals surface area contributed by atoms with Crippen LogP contribution in [0.1, 0.15) is 18.4 Å². The van der Waals surface area contributed by atoms with Crippen LogP contribution >= 0.6 is 0 Å². The molecule has 2 aromatic carbocycles. The molecule has 3 nitrogen and oxygen atoms in total. The van der Waals surface area contributed by atoms with Gasteiger partial charge in [-0.15, -0.1) is 0 Å². The van der Waals surface area contributed by atoms with Crippen LogP contribution in [0.3, 0.4) is 0 Å². The van der Waals surface area contributed by atoms with Gasteiger partial charge in [0.2, 0.25) is 0 Å². The molecule has 1 N–H and O–H groups in total. The van der Waals surface area contributed by atoms with Gasteiger partial charge in [-0.3, -0.25) is 4.99 Å². The van der Waals surface area contributed by atoms with Crippen LogP contribution in [0, 0.1) is 0 Å². The van der Waals surface area contributed by atoms with Gasteiger partial charge in [0.15, 0.2) is 0 Å². The Morgan fingerprint density at radius 3 is 2.64 bits per heavy atom. The number of H-pyrrole nitrogens is 1. The lowest BCUT2D eigenvalue weighted by Crippen LogP contribution is -2.28. The van der Waals surface area contributed by atoms with E-state index >= 15 is 0 Å². The molecule has 0 aliphatic carbocycles. The lowest BCUT2D eigenvalue weighted by Gasteiger charge is -2.24. The van der Waals surface area contributed by atoms with E-state index in [-0.39, 0.29) is 0 Å². The molecule has 0 spiro atoms. The molecule has 0 unspecified atom stereocenters. The van der Waals surface area contributed by atoms with Crippen LogP contribution in [-0.2, 0) is 6.54 Å². The normalized spacial score (nSPS) is 14.3. The number of anilines is 1. The van der Waals surface area contributed by atoms with E-state index in [1.807, 2.05) is 0 Å². The second kappa shape index (κ2) is 5.68. The monoisotopic (exact) mass is 289 g/mol. The number of para-hydroxylation sites is 2. The molecule has 0 bridgehead atoms. The number of hydrogen-bond acceptors (Lipinski definition) is 2. The third-order valence-corrected chi connectivity index (χ3v) is 4.24. The van der Waals surface area contributed by atoms with Crippen molar-refractivity contribution < 1.29 is 0 Å². The van der Waals surface area contributed by atoms with E-state index in [4.69, 9.17) is 4.99 Å². The van der Waals surface area contributed by atoms with Gasteiger partial charge in [0.05, 0.1) is 6.54 Å². The molecule has 22 heavy (non-hydrogen) atoms. The Morgan fingerprint density at radius 1 is 1.00 bits per heavy atom. The van der Waals surface area contributed by atoms with Gasteiger partial charge in [-0.1, -0.05) is 36.4 Å². The van der Waals surface area contributed by atoms with E-state index in [0.29, 0.717) is 0 Å². The van der Waals surface area contributed by atoms with Gasteiger partial charge < -0.3 is 9.88 Å². The minimum absolute atomic E-state index is 0.854. The summed E-state index contributed by atoms with van der Waals surface area (Å²) in [7, 11) is 0. The molecule has 0 radical (unpaired) electrons. The van der Waals surface area contributed by atoms with Crippen molar-refractivity contribution in [3.8, 4) is 0 Å². The highest BCUT2D eigenvalue weighted by Crippen LogP contribution is 2.25. The van der Waals surface area contributed by atoms with E-state index < -0.39 is 0 Å². The molecule has 3 aromatic rings. The lowest BCUT2D eigenvalue weighted by molar-refractivity contribution is 0.939. The lowest BCUT2D eigenvalue weighted by atomic mass is 10.1. The van der Waals surface area contributed by atoms with Crippen LogP contribution in [0.2, 0.25) is 0 Å². The first-order chi connectivity index (χ1) is 10.9. The Labute approximate surface area is 130 Å². The number of aromatic nitrogens is 1. The molecule has 0 saturated carbocycles. The Morgan fingerprint density at radius 2 is 1.82 bits per heavy atom. The molecule has 4 rings (SSSR count). The van der Waals surface area contributed by atoms with Gasteiger partial charge in [-0.05, 0) is 30.2 Å². The second-order valence-electron chi connectivity index (χ2n) is 5.68. The van der Waals surface area contributed by atoms with Crippen LogP contribution in [-0.4, -0.2) is 17.4 Å². The SMILES string of the molecule is c1ccc(N(Cc2c[nH]c3ccccc23)C2=NCCC2)cc1. The van der Waals surface area contributed by atoms with Crippen molar-refractivity contribution in [2.45, 2.75) is 19.4 Å². The number of nitrogens with one attached hydrogen (secondary N) is 1. The molecule has 0 amide bonds. The summed E-state index contributed by atoms with van der Waals surface area (Å²) in [6, 6.07) is 19.0. The average molecular weight is 289 g/mol. The summed E-state index contributed by atoms with van der Waals surface area (Å²) in [5.41, 5.74) is 3.72. The van der Waals surface area contributed by atoms with Gasteiger partial charge >= 0.3 is 0 Å². The first-order valence-electron chi connectivity index (χ1n) is 7.83. The van der Waals surface area contributed by atoms with E-state index in [2.05, 4.69) is 70.7 Å². The van der Waals surface area contributed by atoms with Gasteiger partial charge in [-0.25, -0.2) is 0 Å². The standard InChI is InChI=1S/C19H19N3/c1-2-7-16(8-3-1)22(19-11-6-12-20-19)14-15-13-21-18-10-5-4-9-17(15)18/h1-5,7-10,13,21H,6,11-12,14H2. The molecular weight excluding hydrogens is 270 g/mol. The number of rotatable bonds is 3. The van der Waals surface area contributed by atoms with Crippen LogP contribution in [0.25, 0.3) is 10.9 Å². The highest BCUT2D eigenvalue weighted by Gasteiger charge is 2.18. The molecule has 1 aliphatic rings. The molecule has 0 fully saturated rings. The van der Waals surface area contributed by atoms with Crippen LogP contribution in [0.5, 0.6) is 0 Å². The predicted molar refractivity (Wildman–Crippen MR) is 92.5 cm³/mol. The maximum absolute atomic E-state index is 4.71. The first-order valence-corrected chi connectivity index (χ1v) is 7.83. The average Bonchev–Trinajstić information content (AvgIpc) is 3.23. The van der Waals surface area contributed by atoms with E-state index in [0.717, 1.165) is 25.9 Å². The third kappa shape index (κ3) is 2.39. The Balaban J connectivity index is 1.72. The Bertz CT molecular complexity index is 802. The number of hydrogen-bond donors (Lipinski definition) is 1. The summed E-state index contributed by atoms with van der Waals surface area (Å²) in [5, 5.41) is 1.29. The zero-order chi connectivity index (χ0) is 14.8. The topological polar surface area (TPSA) is 31.4 Å². The van der Waals surface area contributed by atoms with Crippen LogP contribution < -0.4 is 4.90 Å². The fraction of sp³-hybridized carbons (Fsp3) is 0.211. The fourth-order valence-corrected chi connectivity index (χ4v) is 3.12. The highest BCUT2D eigenvalue weighted by atomic mass is 15.2. The molecule has 0 atom stereocenters. The highest BCUT2D eigenvalue weighted by molar-refractivity contribution is 5.99. The molecule has 0 saturated heterocycles. The summed E-state index contributed by atoms with van der Waals surface area (Å²) in [6.45, 7) is 1.80. The van der Waals surface area contributed by atoms with Crippen molar-refractivity contribution >= 4 is 22.4 Å². The predicted octanol–water partition coefficient (Wildman–Crippen LogP) is 4.37. The van der Waals surface area contributed by atoms with Crippen LogP contribution in [0.15, 0.2) is 65.8 Å². The van der Waals surface area contributed by atoms with E-state index in [9.17, 15) is 0 Å². The van der Waals surface area contributed by atoms with Crippen LogP contribution in [0.4, 0.5) is 5.69 Å². The summed E-state index contributed by atoms with van der Waals surface area (Å²) in [5.74, 6) is 1.21. The summed E-state index contributed by atoms with van der Waals surface area (Å²) >= 11 is 0. The van der Waals surface area contributed by atoms with E-state index in [1.54, 1.807) is 0 Å². The van der Waals surface area contributed by atoms with Gasteiger partial charge in [0.25, 0.3) is 0 Å². The fourth-order valence-electron chi connectivity index (χ4n) is 3.12. The maximum Gasteiger partial charge on any atom is 0.104 e. The first kappa shape index (κ1) is 13.1. The summed E-state index contributed by atoms with van der Waals surface area (Å²) in [6.07, 6.45) is 4.35. The Kier molecular flexibility index (Phi) is 3.39. The molecule has 1 aliphatic heterocycles. The largest absolute Gasteiger partial charge is 0.361 e. The number of fused-ring (bicyclic) bond motifs is 1. The number of aliphatic imine (C=N–C) groups is 1. The van der Waals surface area contributed by atoms with Crippen molar-refractivity contribution in [1.29, 1.82) is 0 Å². The third-order valence-electron chi connectivity index (χ3n) is 4.24. The maximum atomic E-state index is 4.71. The van der Waals surface area contributed by atoms with Gasteiger partial charge in [0, 0.05) is 35.8 Å². The van der Waals surface area contributed by atoms with Crippen molar-refractivity contribution in [2.75, 3.05) is 11.4 Å². The van der Waals surface area contributed by atoms with Gasteiger partial charge in [-0.2, -0.15) is 0 Å². The molecule has 3 heteroatoms. The van der Waals surface area contributed by atoms with Crippen molar-refractivity contribution in [3.05, 3.63) is 66.4 Å². The Hall–Kier alpha value is -2.55. The van der Waals surface area contributed by atoms with Crippen molar-refractivity contribution in [1.82, 2.24) is 4.98 Å². The number of nitrogens with zero attached hydrogens (tertiary/aromatic N) is 2. The minimum atomic E-state index is 0.854. The molecule has 2 heterocycles. The number of benzene rings is 2. The van der Waals surface area contributed by atoms with E-state index in [1.165, 1.54) is 28.0 Å². The minimum Gasteiger partial charge on any atom is -0.361 e. The molecule has 110 valence electrons. The quantitative estimate of drug-likeness (QED) is 0.763. The molecular formula is C19H19N3. The van der Waals surface area contributed by atoms with Crippen molar-refractivity contribution in [2.24, 2.45) is 4.99 Å². The molecule has 1 aromatic heterocycles. The number of aromatic amines is 1. The van der Waals surface area contributed by atoms with Crippen molar-refractivity contribution in [3.63, 3.8) is 0 Å². The zero-order valence-electron chi connectivity index (χ0n) is 12.5. The smallest absolute Gasteiger partial charge is 0.104 e. The summed E-state index contributed by atoms with van der Waals surface area (Å²) in [4.78, 5) is 10.4. The summed E-state index contributed by atoms with van der Waals surface area (Å²) < 4.78 is 0. The zero-order valence-corrected chi connectivity index (χ0v) is 12.5. The number of amidine groups is 1. The second-order valence-corrected chi connectivity index (χ2v) is 5.68. The van der Waals surface area contributed by atoms with Gasteiger partial charge in [0.1, 0.15) is 5.84 Å².